The smallest absolute Gasteiger partial charge is 0.118 e. The fourth-order valence-corrected chi connectivity index (χ4v) is 2.69. The zero-order chi connectivity index (χ0) is 14.1. The molecule has 3 rings (SSSR count). The van der Waals surface area contributed by atoms with Crippen LogP contribution in [0.1, 0.15) is 0 Å². The van der Waals surface area contributed by atoms with Crippen molar-refractivity contribution in [1.29, 1.82) is 0 Å². The van der Waals surface area contributed by atoms with Crippen LogP contribution in [-0.2, 0) is 0 Å². The summed E-state index contributed by atoms with van der Waals surface area (Å²) in [7, 11) is 1.65. The molecule has 0 saturated carbocycles. The Kier molecular flexibility index (Phi) is 3.32. The number of nitrogen functional groups attached to an aromatic ring is 1. The fourth-order valence-electron chi connectivity index (χ4n) is 2.15. The molecule has 2 N–H and O–H groups in total. The summed E-state index contributed by atoms with van der Waals surface area (Å²) in [6.07, 6.45) is 0. The van der Waals surface area contributed by atoms with Gasteiger partial charge >= 0.3 is 0 Å². The summed E-state index contributed by atoms with van der Waals surface area (Å²) in [6, 6.07) is 15.6. The summed E-state index contributed by atoms with van der Waals surface area (Å²) >= 11 is 3.55. The van der Waals surface area contributed by atoms with Crippen molar-refractivity contribution in [1.82, 2.24) is 4.98 Å². The van der Waals surface area contributed by atoms with Crippen LogP contribution in [0.15, 0.2) is 53.0 Å². The van der Waals surface area contributed by atoms with E-state index in [9.17, 15) is 0 Å². The van der Waals surface area contributed by atoms with E-state index >= 15 is 0 Å². The van der Waals surface area contributed by atoms with Crippen LogP contribution in [0.5, 0.6) is 5.75 Å². The van der Waals surface area contributed by atoms with Crippen LogP contribution in [0.2, 0.25) is 0 Å². The summed E-state index contributed by atoms with van der Waals surface area (Å²) in [5.74, 6) is 0.818. The molecule has 0 fully saturated rings. The molecular formula is C16H13BrN2O. The lowest BCUT2D eigenvalue weighted by Gasteiger charge is -2.10. The van der Waals surface area contributed by atoms with E-state index in [-0.39, 0.29) is 0 Å². The highest BCUT2D eigenvalue weighted by atomic mass is 79.9. The molecule has 0 amide bonds. The van der Waals surface area contributed by atoms with Crippen molar-refractivity contribution in [2.45, 2.75) is 0 Å². The summed E-state index contributed by atoms with van der Waals surface area (Å²) in [4.78, 5) is 4.69. The van der Waals surface area contributed by atoms with E-state index in [1.54, 1.807) is 7.11 Å². The molecule has 0 aliphatic heterocycles. The Morgan fingerprint density at radius 1 is 1.05 bits per heavy atom. The number of fused-ring (bicyclic) bond motifs is 1. The molecule has 100 valence electrons. The van der Waals surface area contributed by atoms with Crippen LogP contribution in [0.4, 0.5) is 5.69 Å². The van der Waals surface area contributed by atoms with Gasteiger partial charge in [0.25, 0.3) is 0 Å². The predicted octanol–water partition coefficient (Wildman–Crippen LogP) is 4.26. The summed E-state index contributed by atoms with van der Waals surface area (Å²) < 4.78 is 5.99. The van der Waals surface area contributed by atoms with Gasteiger partial charge in [-0.3, -0.25) is 0 Å². The van der Waals surface area contributed by atoms with E-state index in [0.29, 0.717) is 5.69 Å². The Bertz CT molecular complexity index is 769. The second-order valence-corrected chi connectivity index (χ2v) is 5.23. The van der Waals surface area contributed by atoms with Crippen LogP contribution in [-0.4, -0.2) is 12.1 Å². The molecule has 2 aromatic carbocycles. The molecule has 3 nitrogen and oxygen atoms in total. The Hall–Kier alpha value is -2.07. The Balaban J connectivity index is 2.22. The highest BCUT2D eigenvalue weighted by Gasteiger charge is 2.12. The van der Waals surface area contributed by atoms with Gasteiger partial charge in [-0.05, 0) is 46.3 Å². The number of benzene rings is 2. The first-order chi connectivity index (χ1) is 9.70. The number of aromatic nitrogens is 1. The minimum absolute atomic E-state index is 0.710. The second kappa shape index (κ2) is 5.13. The standard InChI is InChI=1S/C16H13BrN2O/c1-20-11-8-6-10(7-9-11)16-14(17)15(18)12-4-2-3-5-13(12)19-16/h2-9H,1H3,(H2,18,19). The predicted molar refractivity (Wildman–Crippen MR) is 85.8 cm³/mol. The Labute approximate surface area is 125 Å². The van der Waals surface area contributed by atoms with Gasteiger partial charge < -0.3 is 10.5 Å². The number of para-hydroxylation sites is 1. The van der Waals surface area contributed by atoms with Gasteiger partial charge in [-0.2, -0.15) is 0 Å². The molecule has 0 spiro atoms. The van der Waals surface area contributed by atoms with Crippen molar-refractivity contribution in [3.63, 3.8) is 0 Å². The molecular weight excluding hydrogens is 316 g/mol. The highest BCUT2D eigenvalue weighted by molar-refractivity contribution is 9.10. The van der Waals surface area contributed by atoms with Gasteiger partial charge in [0.15, 0.2) is 0 Å². The maximum Gasteiger partial charge on any atom is 0.118 e. The first-order valence-corrected chi connectivity index (χ1v) is 6.98. The van der Waals surface area contributed by atoms with E-state index in [1.807, 2.05) is 48.5 Å². The number of nitrogens with two attached hydrogens (primary N) is 1. The molecule has 20 heavy (non-hydrogen) atoms. The van der Waals surface area contributed by atoms with Crippen molar-refractivity contribution in [3.05, 3.63) is 53.0 Å². The summed E-state index contributed by atoms with van der Waals surface area (Å²) in [5.41, 5.74) is 9.63. The Morgan fingerprint density at radius 2 is 1.75 bits per heavy atom. The zero-order valence-electron chi connectivity index (χ0n) is 10.9. The minimum atomic E-state index is 0.710. The van der Waals surface area contributed by atoms with Crippen LogP contribution in [0.3, 0.4) is 0 Å². The maximum absolute atomic E-state index is 6.20. The lowest BCUT2D eigenvalue weighted by Crippen LogP contribution is -1.95. The molecule has 0 radical (unpaired) electrons. The molecule has 3 aromatic rings. The zero-order valence-corrected chi connectivity index (χ0v) is 12.5. The third-order valence-electron chi connectivity index (χ3n) is 3.23. The quantitative estimate of drug-likeness (QED) is 0.764. The third-order valence-corrected chi connectivity index (χ3v) is 4.04. The van der Waals surface area contributed by atoms with E-state index in [1.165, 1.54) is 0 Å². The number of hydrogen-bond donors (Lipinski definition) is 1. The number of anilines is 1. The summed E-state index contributed by atoms with van der Waals surface area (Å²) in [6.45, 7) is 0. The molecule has 1 aromatic heterocycles. The van der Waals surface area contributed by atoms with Crippen molar-refractivity contribution < 1.29 is 4.74 Å². The average Bonchev–Trinajstić information content (AvgIpc) is 2.51. The number of pyridine rings is 1. The largest absolute Gasteiger partial charge is 0.497 e. The van der Waals surface area contributed by atoms with Crippen molar-refractivity contribution in [2.75, 3.05) is 12.8 Å². The number of methoxy groups -OCH3 is 1. The van der Waals surface area contributed by atoms with Crippen LogP contribution >= 0.6 is 15.9 Å². The minimum Gasteiger partial charge on any atom is -0.497 e. The van der Waals surface area contributed by atoms with Gasteiger partial charge in [-0.15, -0.1) is 0 Å². The molecule has 0 bridgehead atoms. The lowest BCUT2D eigenvalue weighted by molar-refractivity contribution is 0.415. The van der Waals surface area contributed by atoms with Crippen LogP contribution < -0.4 is 10.5 Å². The topological polar surface area (TPSA) is 48.1 Å². The van der Waals surface area contributed by atoms with Crippen LogP contribution in [0.25, 0.3) is 22.2 Å². The monoisotopic (exact) mass is 328 g/mol. The molecule has 0 atom stereocenters. The van der Waals surface area contributed by atoms with Crippen molar-refractivity contribution >= 4 is 32.5 Å². The molecule has 0 saturated heterocycles. The summed E-state index contributed by atoms with van der Waals surface area (Å²) in [5, 5.41) is 0.955. The van der Waals surface area contributed by atoms with Gasteiger partial charge in [-0.25, -0.2) is 4.98 Å². The van der Waals surface area contributed by atoms with Crippen LogP contribution in [0, 0.1) is 0 Å². The highest BCUT2D eigenvalue weighted by Crippen LogP contribution is 2.36. The van der Waals surface area contributed by atoms with Gasteiger partial charge in [0.1, 0.15) is 5.75 Å². The normalized spacial score (nSPS) is 10.7. The number of hydrogen-bond acceptors (Lipinski definition) is 3. The second-order valence-electron chi connectivity index (χ2n) is 4.43. The van der Waals surface area contributed by atoms with E-state index in [0.717, 1.165) is 32.4 Å². The van der Waals surface area contributed by atoms with Gasteiger partial charge in [0.2, 0.25) is 0 Å². The molecule has 0 aliphatic carbocycles. The van der Waals surface area contributed by atoms with E-state index in [4.69, 9.17) is 15.5 Å². The van der Waals surface area contributed by atoms with Gasteiger partial charge in [-0.1, -0.05) is 18.2 Å². The fraction of sp³-hybridized carbons (Fsp3) is 0.0625. The molecule has 0 aliphatic rings. The number of nitrogens with zero attached hydrogens (tertiary/aromatic N) is 1. The van der Waals surface area contributed by atoms with Crippen molar-refractivity contribution in [2.24, 2.45) is 0 Å². The number of rotatable bonds is 2. The maximum atomic E-state index is 6.20. The molecule has 1 heterocycles. The third kappa shape index (κ3) is 2.12. The Morgan fingerprint density at radius 3 is 2.45 bits per heavy atom. The lowest BCUT2D eigenvalue weighted by atomic mass is 10.1. The molecule has 0 unspecified atom stereocenters. The number of ether oxygens (including phenoxy) is 1. The van der Waals surface area contributed by atoms with E-state index < -0.39 is 0 Å². The first-order valence-electron chi connectivity index (χ1n) is 6.19. The van der Waals surface area contributed by atoms with Gasteiger partial charge in [0.05, 0.1) is 28.5 Å². The van der Waals surface area contributed by atoms with Gasteiger partial charge in [0, 0.05) is 10.9 Å². The van der Waals surface area contributed by atoms with E-state index in [2.05, 4.69) is 15.9 Å². The van der Waals surface area contributed by atoms with Crippen molar-refractivity contribution in [3.8, 4) is 17.0 Å². The molecule has 4 heteroatoms. The number of halogens is 1. The first kappa shape index (κ1) is 12.9. The SMILES string of the molecule is COc1ccc(-c2nc3ccccc3c(N)c2Br)cc1. The average molecular weight is 329 g/mol.